The monoisotopic (exact) mass is 278 g/mol. The molecule has 0 atom stereocenters. The second-order valence-corrected chi connectivity index (χ2v) is 4.20. The van der Waals surface area contributed by atoms with Crippen LogP contribution in [0.4, 0.5) is 5.69 Å². The van der Waals surface area contributed by atoms with Crippen LogP contribution >= 0.6 is 15.9 Å². The number of pyridine rings is 1. The number of rotatable bonds is 3. The highest BCUT2D eigenvalue weighted by Crippen LogP contribution is 2.13. The highest BCUT2D eigenvalue weighted by atomic mass is 79.9. The summed E-state index contributed by atoms with van der Waals surface area (Å²) in [6, 6.07) is 11.0. The number of benzene rings is 1. The summed E-state index contributed by atoms with van der Waals surface area (Å²) >= 11 is 3.28. The lowest BCUT2D eigenvalue weighted by Crippen LogP contribution is -1.99. The first-order valence-electron chi connectivity index (χ1n) is 4.87. The van der Waals surface area contributed by atoms with Gasteiger partial charge in [-0.15, -0.1) is 0 Å². The van der Waals surface area contributed by atoms with Crippen LogP contribution in [-0.4, -0.2) is 10.1 Å². The van der Waals surface area contributed by atoms with Crippen molar-refractivity contribution in [2.75, 3.05) is 5.32 Å². The summed E-state index contributed by atoms with van der Waals surface area (Å²) in [4.78, 5) is 4.12. The Morgan fingerprint density at radius 1 is 1.12 bits per heavy atom. The lowest BCUT2D eigenvalue weighted by molar-refractivity contribution is 0.475. The van der Waals surface area contributed by atoms with E-state index < -0.39 is 0 Å². The molecule has 1 aromatic heterocycles. The van der Waals surface area contributed by atoms with Gasteiger partial charge in [-0.2, -0.15) is 0 Å². The van der Waals surface area contributed by atoms with Crippen molar-refractivity contribution in [3.8, 4) is 5.75 Å². The van der Waals surface area contributed by atoms with Crippen molar-refractivity contribution in [1.29, 1.82) is 0 Å². The number of nitrogens with zero attached hydrogens (tertiary/aromatic N) is 1. The Labute approximate surface area is 102 Å². The number of hydrogen-bond donors (Lipinski definition) is 2. The quantitative estimate of drug-likeness (QED) is 0.848. The molecule has 0 unspecified atom stereocenters. The molecule has 0 aliphatic heterocycles. The molecule has 4 heteroatoms. The fourth-order valence-electron chi connectivity index (χ4n) is 1.30. The SMILES string of the molecule is Oc1ccc(CNc2ccc(Br)nc2)cc1. The topological polar surface area (TPSA) is 45.1 Å². The van der Waals surface area contributed by atoms with Gasteiger partial charge in [0, 0.05) is 6.54 Å². The Balaban J connectivity index is 1.97. The van der Waals surface area contributed by atoms with Crippen LogP contribution in [0, 0.1) is 0 Å². The molecule has 2 N–H and O–H groups in total. The molecule has 0 amide bonds. The summed E-state index contributed by atoms with van der Waals surface area (Å²) in [7, 11) is 0. The van der Waals surface area contributed by atoms with Crippen LogP contribution < -0.4 is 5.32 Å². The number of anilines is 1. The van der Waals surface area contributed by atoms with Crippen LogP contribution in [0.25, 0.3) is 0 Å². The average Bonchev–Trinajstić information content (AvgIpc) is 2.30. The molecule has 2 rings (SSSR count). The number of hydrogen-bond acceptors (Lipinski definition) is 3. The maximum Gasteiger partial charge on any atom is 0.115 e. The van der Waals surface area contributed by atoms with E-state index in [1.165, 1.54) is 0 Å². The maximum atomic E-state index is 9.14. The highest BCUT2D eigenvalue weighted by Gasteiger charge is 1.95. The van der Waals surface area contributed by atoms with Crippen LogP contribution in [0.15, 0.2) is 47.2 Å². The van der Waals surface area contributed by atoms with Gasteiger partial charge in [0.05, 0.1) is 11.9 Å². The van der Waals surface area contributed by atoms with Gasteiger partial charge in [0.15, 0.2) is 0 Å². The smallest absolute Gasteiger partial charge is 0.115 e. The predicted molar refractivity (Wildman–Crippen MR) is 67.4 cm³/mol. The van der Waals surface area contributed by atoms with Gasteiger partial charge in [0.25, 0.3) is 0 Å². The first kappa shape index (κ1) is 11.0. The van der Waals surface area contributed by atoms with E-state index in [9.17, 15) is 0 Å². The van der Waals surface area contributed by atoms with Gasteiger partial charge in [0.1, 0.15) is 10.4 Å². The van der Waals surface area contributed by atoms with Gasteiger partial charge < -0.3 is 10.4 Å². The minimum atomic E-state index is 0.286. The third-order valence-electron chi connectivity index (χ3n) is 2.16. The van der Waals surface area contributed by atoms with Crippen molar-refractivity contribution in [3.05, 3.63) is 52.8 Å². The summed E-state index contributed by atoms with van der Waals surface area (Å²) < 4.78 is 0.822. The third-order valence-corrected chi connectivity index (χ3v) is 2.63. The van der Waals surface area contributed by atoms with Crippen molar-refractivity contribution >= 4 is 21.6 Å². The number of aromatic nitrogens is 1. The van der Waals surface area contributed by atoms with Crippen LogP contribution in [0.5, 0.6) is 5.75 Å². The number of aromatic hydroxyl groups is 1. The largest absolute Gasteiger partial charge is 0.508 e. The maximum absolute atomic E-state index is 9.14. The van der Waals surface area contributed by atoms with Crippen molar-refractivity contribution < 1.29 is 5.11 Å². The van der Waals surface area contributed by atoms with Crippen LogP contribution in [0.2, 0.25) is 0 Å². The molecule has 3 nitrogen and oxygen atoms in total. The normalized spacial score (nSPS) is 10.1. The van der Waals surface area contributed by atoms with Gasteiger partial charge in [-0.05, 0) is 45.8 Å². The number of nitrogens with one attached hydrogen (secondary N) is 1. The Hall–Kier alpha value is -1.55. The van der Waals surface area contributed by atoms with E-state index in [0.29, 0.717) is 6.54 Å². The minimum Gasteiger partial charge on any atom is -0.508 e. The Bertz CT molecular complexity index is 408. The van der Waals surface area contributed by atoms with E-state index in [4.69, 9.17) is 5.11 Å². The van der Waals surface area contributed by atoms with Crippen molar-refractivity contribution in [2.24, 2.45) is 0 Å². The molecule has 1 aromatic carbocycles. The van der Waals surface area contributed by atoms with Crippen LogP contribution in [0.3, 0.4) is 0 Å². The zero-order valence-electron chi connectivity index (χ0n) is 8.52. The molecule has 0 spiro atoms. The van der Waals surface area contributed by atoms with Gasteiger partial charge in [-0.1, -0.05) is 12.1 Å². The van der Waals surface area contributed by atoms with Crippen LogP contribution in [0.1, 0.15) is 5.56 Å². The lowest BCUT2D eigenvalue weighted by atomic mass is 10.2. The molecule has 2 aromatic rings. The molecule has 0 fully saturated rings. The van der Waals surface area contributed by atoms with E-state index in [0.717, 1.165) is 15.9 Å². The zero-order valence-corrected chi connectivity index (χ0v) is 10.1. The number of phenols is 1. The minimum absolute atomic E-state index is 0.286. The van der Waals surface area contributed by atoms with Gasteiger partial charge in [-0.25, -0.2) is 4.98 Å². The molecule has 0 saturated carbocycles. The van der Waals surface area contributed by atoms with Crippen LogP contribution in [-0.2, 0) is 6.54 Å². The van der Waals surface area contributed by atoms with E-state index in [1.807, 2.05) is 24.3 Å². The molecule has 16 heavy (non-hydrogen) atoms. The predicted octanol–water partition coefficient (Wildman–Crippen LogP) is 3.16. The number of phenolic OH excluding ortho intramolecular Hbond substituents is 1. The summed E-state index contributed by atoms with van der Waals surface area (Å²) in [6.45, 7) is 0.712. The highest BCUT2D eigenvalue weighted by molar-refractivity contribution is 9.10. The lowest BCUT2D eigenvalue weighted by Gasteiger charge is -2.06. The molecule has 0 radical (unpaired) electrons. The Morgan fingerprint density at radius 2 is 1.88 bits per heavy atom. The number of halogens is 1. The van der Waals surface area contributed by atoms with Gasteiger partial charge >= 0.3 is 0 Å². The molecule has 1 heterocycles. The summed E-state index contributed by atoms with van der Waals surface area (Å²) in [6.07, 6.45) is 1.77. The first-order chi connectivity index (χ1) is 7.74. The van der Waals surface area contributed by atoms with Gasteiger partial charge in [-0.3, -0.25) is 0 Å². The standard InChI is InChI=1S/C12H11BrN2O/c13-12-6-3-10(8-15-12)14-7-9-1-4-11(16)5-2-9/h1-6,8,14,16H,7H2. The molecule has 0 aliphatic carbocycles. The summed E-state index contributed by atoms with van der Waals surface area (Å²) in [5.41, 5.74) is 2.08. The zero-order chi connectivity index (χ0) is 11.4. The van der Waals surface area contributed by atoms with Gasteiger partial charge in [0.2, 0.25) is 0 Å². The van der Waals surface area contributed by atoms with E-state index in [2.05, 4.69) is 26.2 Å². The molecule has 0 bridgehead atoms. The van der Waals surface area contributed by atoms with Crippen molar-refractivity contribution in [2.45, 2.75) is 6.54 Å². The molecule has 82 valence electrons. The fraction of sp³-hybridized carbons (Fsp3) is 0.0833. The fourth-order valence-corrected chi connectivity index (χ4v) is 1.53. The summed E-state index contributed by atoms with van der Waals surface area (Å²) in [5.74, 6) is 0.286. The Morgan fingerprint density at radius 3 is 2.50 bits per heavy atom. The van der Waals surface area contributed by atoms with E-state index >= 15 is 0 Å². The van der Waals surface area contributed by atoms with Crippen molar-refractivity contribution in [1.82, 2.24) is 4.98 Å². The second kappa shape index (κ2) is 4.99. The van der Waals surface area contributed by atoms with Crippen molar-refractivity contribution in [3.63, 3.8) is 0 Å². The molecular weight excluding hydrogens is 268 g/mol. The Kier molecular flexibility index (Phi) is 3.41. The molecule has 0 aliphatic rings. The summed E-state index contributed by atoms with van der Waals surface area (Å²) in [5, 5.41) is 12.4. The average molecular weight is 279 g/mol. The third kappa shape index (κ3) is 2.97. The van der Waals surface area contributed by atoms with E-state index in [-0.39, 0.29) is 5.75 Å². The first-order valence-corrected chi connectivity index (χ1v) is 5.67. The van der Waals surface area contributed by atoms with E-state index in [1.54, 1.807) is 18.3 Å². The molecule has 0 saturated heterocycles. The molecular formula is C12H11BrN2O. The second-order valence-electron chi connectivity index (χ2n) is 3.39.